The van der Waals surface area contributed by atoms with Crippen LogP contribution < -0.4 is 4.90 Å². The van der Waals surface area contributed by atoms with E-state index in [9.17, 15) is 0 Å². The number of fused-ring (bicyclic) bond motifs is 15. The van der Waals surface area contributed by atoms with Crippen LogP contribution in [0.5, 0.6) is 0 Å². The Bertz CT molecular complexity index is 3350. The molecular weight excluding hydrogens is 637 g/mol. The Labute approximate surface area is 296 Å². The van der Waals surface area contributed by atoms with E-state index in [4.69, 9.17) is 0 Å². The highest BCUT2D eigenvalue weighted by molar-refractivity contribution is 7.25. The van der Waals surface area contributed by atoms with Gasteiger partial charge < -0.3 is 9.30 Å². The quantitative estimate of drug-likeness (QED) is 0.171. The summed E-state index contributed by atoms with van der Waals surface area (Å²) in [5.74, 6) is 0. The molecule has 0 saturated heterocycles. The number of rotatable bonds is 3. The molecule has 0 aliphatic carbocycles. The zero-order valence-electron chi connectivity index (χ0n) is 27.5. The van der Waals surface area contributed by atoms with Crippen molar-refractivity contribution in [2.75, 3.05) is 4.90 Å². The number of hydrogen-bond acceptors (Lipinski definition) is 2. The van der Waals surface area contributed by atoms with Crippen LogP contribution >= 0.6 is 11.3 Å². The second-order valence-electron chi connectivity index (χ2n) is 13.7. The van der Waals surface area contributed by atoms with Crippen molar-refractivity contribution >= 4 is 119 Å². The summed E-state index contributed by atoms with van der Waals surface area (Å²) in [5, 5.41) is 15.4. The van der Waals surface area contributed by atoms with E-state index in [1.54, 1.807) is 0 Å². The highest BCUT2D eigenvalue weighted by Gasteiger charge is 2.24. The van der Waals surface area contributed by atoms with E-state index in [1.165, 1.54) is 96.3 Å². The van der Waals surface area contributed by atoms with Gasteiger partial charge in [0.25, 0.3) is 0 Å². The minimum atomic E-state index is 1.14. The molecule has 0 unspecified atom stereocenters. The number of hydrogen-bond donors (Lipinski definition) is 0. The maximum absolute atomic E-state index is 2.50. The molecule has 0 aliphatic heterocycles. The largest absolute Gasteiger partial charge is 0.310 e. The Morgan fingerprint density at radius 1 is 0.353 bits per heavy atom. The van der Waals surface area contributed by atoms with E-state index in [0.717, 1.165) is 11.4 Å². The van der Waals surface area contributed by atoms with Crippen LogP contribution in [0.1, 0.15) is 0 Å². The summed E-state index contributed by atoms with van der Waals surface area (Å²) in [5.41, 5.74) is 7.23. The van der Waals surface area contributed by atoms with Gasteiger partial charge in [-0.2, -0.15) is 0 Å². The molecule has 51 heavy (non-hydrogen) atoms. The van der Waals surface area contributed by atoms with Crippen LogP contribution in [0.25, 0.3) is 90.6 Å². The van der Waals surface area contributed by atoms with E-state index in [1.807, 2.05) is 11.3 Å². The molecule has 0 fully saturated rings. The Kier molecular flexibility index (Phi) is 5.41. The van der Waals surface area contributed by atoms with Crippen LogP contribution in [0, 0.1) is 0 Å². The first kappa shape index (κ1) is 27.4. The van der Waals surface area contributed by atoms with E-state index in [2.05, 4.69) is 179 Å². The molecule has 0 saturated carbocycles. The smallest absolute Gasteiger partial charge is 0.0621 e. The molecule has 0 bridgehead atoms. The second-order valence-corrected chi connectivity index (χ2v) is 14.7. The fraction of sp³-hybridized carbons (Fsp3) is 0. The molecule has 3 heterocycles. The van der Waals surface area contributed by atoms with Gasteiger partial charge >= 0.3 is 0 Å². The fourth-order valence-corrected chi connectivity index (χ4v) is 10.0. The molecule has 9 aromatic carbocycles. The molecule has 236 valence electrons. The molecule has 12 rings (SSSR count). The number of nitrogens with zero attached hydrogens (tertiary/aromatic N) is 2. The summed E-state index contributed by atoms with van der Waals surface area (Å²) in [6.45, 7) is 0. The summed E-state index contributed by atoms with van der Waals surface area (Å²) < 4.78 is 5.10. The lowest BCUT2D eigenvalue weighted by atomic mass is 9.94. The highest BCUT2D eigenvalue weighted by atomic mass is 32.1. The van der Waals surface area contributed by atoms with Gasteiger partial charge in [-0.25, -0.2) is 0 Å². The zero-order chi connectivity index (χ0) is 33.2. The van der Waals surface area contributed by atoms with Gasteiger partial charge in [0.15, 0.2) is 0 Å². The Balaban J connectivity index is 1.22. The molecular formula is C48H28N2S. The van der Waals surface area contributed by atoms with Crippen LogP contribution in [0.2, 0.25) is 0 Å². The topological polar surface area (TPSA) is 7.65 Å². The molecule has 0 radical (unpaired) electrons. The Morgan fingerprint density at radius 3 is 1.67 bits per heavy atom. The standard InChI is InChI=1S/C48H28N2S/c1-2-13-33-31(11-1)32-12-3-4-14-34(32)40-27-29(23-25-35(33)40)49(30-24-26-46-41(28-30)37-16-6-8-22-45(37)51-46)43-20-10-21-44-47(43)39-18-9-17-38-36-15-5-7-19-42(36)50(44)48(38)39/h1-28H. The van der Waals surface area contributed by atoms with Crippen LogP contribution in [0.4, 0.5) is 17.1 Å². The van der Waals surface area contributed by atoms with Crippen molar-refractivity contribution in [1.82, 2.24) is 4.40 Å². The fourth-order valence-electron chi connectivity index (χ4n) is 8.96. The van der Waals surface area contributed by atoms with Gasteiger partial charge in [0.2, 0.25) is 0 Å². The molecule has 0 spiro atoms. The van der Waals surface area contributed by atoms with Gasteiger partial charge in [0.1, 0.15) is 0 Å². The minimum Gasteiger partial charge on any atom is -0.310 e. The molecule has 3 aromatic heterocycles. The summed E-state index contributed by atoms with van der Waals surface area (Å²) >= 11 is 1.87. The first-order chi connectivity index (χ1) is 25.3. The number of anilines is 3. The first-order valence-electron chi connectivity index (χ1n) is 17.5. The SMILES string of the molecule is c1ccc2c(c1)sc1ccc(N(c3ccc4c5ccccc5c5ccccc5c4c3)c3cccc4c3c3cccc5c6ccccc6n4c53)cc12. The molecule has 0 N–H and O–H groups in total. The van der Waals surface area contributed by atoms with E-state index < -0.39 is 0 Å². The lowest BCUT2D eigenvalue weighted by Gasteiger charge is -2.27. The lowest BCUT2D eigenvalue weighted by Crippen LogP contribution is -2.10. The molecule has 3 heteroatoms. The van der Waals surface area contributed by atoms with Crippen molar-refractivity contribution in [2.24, 2.45) is 0 Å². The molecule has 12 aromatic rings. The third-order valence-electron chi connectivity index (χ3n) is 11.1. The average Bonchev–Trinajstić information content (AvgIpc) is 3.86. The summed E-state index contributed by atoms with van der Waals surface area (Å²) in [6.07, 6.45) is 0. The van der Waals surface area contributed by atoms with Crippen molar-refractivity contribution < 1.29 is 0 Å². The second kappa shape index (κ2) is 10.1. The van der Waals surface area contributed by atoms with Crippen molar-refractivity contribution in [1.29, 1.82) is 0 Å². The van der Waals surface area contributed by atoms with E-state index >= 15 is 0 Å². The van der Waals surface area contributed by atoms with Gasteiger partial charge in [0.05, 0.1) is 22.2 Å². The van der Waals surface area contributed by atoms with Crippen molar-refractivity contribution in [3.05, 3.63) is 170 Å². The van der Waals surface area contributed by atoms with E-state index in [0.29, 0.717) is 0 Å². The number of thiophene rings is 1. The Morgan fingerprint density at radius 2 is 0.882 bits per heavy atom. The lowest BCUT2D eigenvalue weighted by molar-refractivity contribution is 1.31. The summed E-state index contributed by atoms with van der Waals surface area (Å²) in [6, 6.07) is 63.0. The highest BCUT2D eigenvalue weighted by Crippen LogP contribution is 2.48. The van der Waals surface area contributed by atoms with Crippen molar-refractivity contribution in [3.63, 3.8) is 0 Å². The third kappa shape index (κ3) is 3.65. The van der Waals surface area contributed by atoms with Gasteiger partial charge in [-0.3, -0.25) is 0 Å². The third-order valence-corrected chi connectivity index (χ3v) is 12.2. The first-order valence-corrected chi connectivity index (χ1v) is 18.3. The monoisotopic (exact) mass is 664 g/mol. The average molecular weight is 665 g/mol. The predicted molar refractivity (Wildman–Crippen MR) is 221 cm³/mol. The van der Waals surface area contributed by atoms with Crippen molar-refractivity contribution in [2.45, 2.75) is 0 Å². The normalized spacial score (nSPS) is 12.3. The predicted octanol–water partition coefficient (Wildman–Crippen LogP) is 14.1. The number of aromatic nitrogens is 1. The van der Waals surface area contributed by atoms with Crippen LogP contribution in [-0.4, -0.2) is 4.40 Å². The molecule has 0 atom stereocenters. The maximum atomic E-state index is 2.50. The van der Waals surface area contributed by atoms with Gasteiger partial charge in [-0.15, -0.1) is 11.3 Å². The van der Waals surface area contributed by atoms with E-state index in [-0.39, 0.29) is 0 Å². The van der Waals surface area contributed by atoms with Gasteiger partial charge in [-0.05, 0) is 86.9 Å². The Hall–Kier alpha value is -6.42. The van der Waals surface area contributed by atoms with Gasteiger partial charge in [-0.1, -0.05) is 115 Å². The number of benzene rings is 9. The minimum absolute atomic E-state index is 1.14. The molecule has 0 aliphatic rings. The molecule has 2 nitrogen and oxygen atoms in total. The zero-order valence-corrected chi connectivity index (χ0v) is 28.3. The number of para-hydroxylation sites is 2. The summed E-state index contributed by atoms with van der Waals surface area (Å²) in [7, 11) is 0. The molecule has 0 amide bonds. The van der Waals surface area contributed by atoms with Crippen LogP contribution in [0.15, 0.2) is 170 Å². The maximum Gasteiger partial charge on any atom is 0.0621 e. The van der Waals surface area contributed by atoms with Gasteiger partial charge in [0, 0.05) is 53.1 Å². The van der Waals surface area contributed by atoms with Crippen LogP contribution in [0.3, 0.4) is 0 Å². The van der Waals surface area contributed by atoms with Crippen LogP contribution in [-0.2, 0) is 0 Å². The van der Waals surface area contributed by atoms with Crippen molar-refractivity contribution in [3.8, 4) is 0 Å². The summed E-state index contributed by atoms with van der Waals surface area (Å²) in [4.78, 5) is 2.50.